The molecule has 1 heterocycles. The standard InChI is InChI=1S/C20H25ClN2OS2/c1-13(2)9-10-23-12-17(20(3,4)5)26-19(23)22-18(25)15-11-14(21)7-8-16(15)24-6/h7-9,11-12H,10H2,1-6H3. The van der Waals surface area contributed by atoms with Gasteiger partial charge in [-0.2, -0.15) is 0 Å². The molecule has 140 valence electrons. The lowest BCUT2D eigenvalue weighted by molar-refractivity contribution is 0.414. The summed E-state index contributed by atoms with van der Waals surface area (Å²) >= 11 is 13.4. The van der Waals surface area contributed by atoms with Gasteiger partial charge >= 0.3 is 0 Å². The van der Waals surface area contributed by atoms with E-state index in [4.69, 9.17) is 33.5 Å². The lowest BCUT2D eigenvalue weighted by Gasteiger charge is -2.14. The third-order valence-electron chi connectivity index (χ3n) is 3.74. The number of benzene rings is 1. The first-order valence-electron chi connectivity index (χ1n) is 8.38. The molecule has 2 aromatic rings. The Morgan fingerprint density at radius 1 is 1.35 bits per heavy atom. The summed E-state index contributed by atoms with van der Waals surface area (Å²) in [5.41, 5.74) is 2.06. The highest BCUT2D eigenvalue weighted by Gasteiger charge is 2.18. The average Bonchev–Trinajstić information content (AvgIpc) is 2.96. The van der Waals surface area contributed by atoms with Crippen LogP contribution in [0.3, 0.4) is 0 Å². The molecule has 0 aliphatic heterocycles. The SMILES string of the molecule is COc1ccc(Cl)cc1C(=S)N=c1sc(C(C)(C)C)cn1CC=C(C)C. The van der Waals surface area contributed by atoms with Gasteiger partial charge in [0.1, 0.15) is 10.7 Å². The molecule has 0 saturated carbocycles. The van der Waals surface area contributed by atoms with Crippen LogP contribution in [-0.2, 0) is 12.0 Å². The van der Waals surface area contributed by atoms with Crippen LogP contribution in [0.2, 0.25) is 5.02 Å². The Morgan fingerprint density at radius 3 is 2.62 bits per heavy atom. The zero-order valence-electron chi connectivity index (χ0n) is 16.1. The van der Waals surface area contributed by atoms with E-state index in [0.717, 1.165) is 16.9 Å². The summed E-state index contributed by atoms with van der Waals surface area (Å²) in [6.07, 6.45) is 4.35. The molecule has 0 atom stereocenters. The van der Waals surface area contributed by atoms with E-state index in [1.54, 1.807) is 30.6 Å². The van der Waals surface area contributed by atoms with Gasteiger partial charge in [0, 0.05) is 22.6 Å². The van der Waals surface area contributed by atoms with Crippen LogP contribution in [0.25, 0.3) is 0 Å². The molecule has 1 aromatic carbocycles. The molecule has 6 heteroatoms. The van der Waals surface area contributed by atoms with Crippen molar-refractivity contribution in [2.45, 2.75) is 46.6 Å². The zero-order valence-corrected chi connectivity index (χ0v) is 18.5. The van der Waals surface area contributed by atoms with Gasteiger partial charge in [-0.05, 0) is 37.5 Å². The summed E-state index contributed by atoms with van der Waals surface area (Å²) in [7, 11) is 1.62. The molecule has 0 saturated heterocycles. The molecule has 3 nitrogen and oxygen atoms in total. The summed E-state index contributed by atoms with van der Waals surface area (Å²) < 4.78 is 7.55. The minimum Gasteiger partial charge on any atom is -0.496 e. The molecule has 26 heavy (non-hydrogen) atoms. The first kappa shape index (κ1) is 20.9. The van der Waals surface area contributed by atoms with Crippen molar-refractivity contribution in [3.8, 4) is 5.75 Å². The Balaban J connectivity index is 2.55. The van der Waals surface area contributed by atoms with Crippen LogP contribution in [0.4, 0.5) is 0 Å². The predicted molar refractivity (Wildman–Crippen MR) is 116 cm³/mol. The number of methoxy groups -OCH3 is 1. The van der Waals surface area contributed by atoms with Crippen molar-refractivity contribution in [1.29, 1.82) is 0 Å². The highest BCUT2D eigenvalue weighted by atomic mass is 35.5. The molecule has 0 N–H and O–H groups in total. The quantitative estimate of drug-likeness (QED) is 0.475. The number of hydrogen-bond donors (Lipinski definition) is 0. The molecule has 0 aliphatic carbocycles. The number of hydrogen-bond acceptors (Lipinski definition) is 3. The van der Waals surface area contributed by atoms with Gasteiger partial charge in [-0.1, -0.05) is 56.2 Å². The van der Waals surface area contributed by atoms with Gasteiger partial charge in [-0.25, -0.2) is 4.99 Å². The maximum absolute atomic E-state index is 6.13. The van der Waals surface area contributed by atoms with Crippen LogP contribution < -0.4 is 9.54 Å². The second kappa shape index (κ2) is 8.51. The van der Waals surface area contributed by atoms with E-state index in [1.165, 1.54) is 10.5 Å². The largest absolute Gasteiger partial charge is 0.496 e. The van der Waals surface area contributed by atoms with Crippen LogP contribution in [0.1, 0.15) is 45.1 Å². The summed E-state index contributed by atoms with van der Waals surface area (Å²) in [6, 6.07) is 5.39. The van der Waals surface area contributed by atoms with Gasteiger partial charge in [0.15, 0.2) is 4.80 Å². The Kier molecular flexibility index (Phi) is 6.83. The number of allylic oxidation sites excluding steroid dienone is 2. The van der Waals surface area contributed by atoms with Crippen LogP contribution in [0, 0.1) is 0 Å². The highest BCUT2D eigenvalue weighted by Crippen LogP contribution is 2.26. The molecular formula is C20H25ClN2OS2. The molecular weight excluding hydrogens is 384 g/mol. The number of thiocarbonyl (C=S) groups is 1. The monoisotopic (exact) mass is 408 g/mol. The summed E-state index contributed by atoms with van der Waals surface area (Å²) in [5.74, 6) is 0.673. The van der Waals surface area contributed by atoms with Gasteiger partial charge in [0.2, 0.25) is 0 Å². The fourth-order valence-corrected chi connectivity index (χ4v) is 3.76. The fraction of sp³-hybridized carbons (Fsp3) is 0.400. The molecule has 0 fully saturated rings. The number of thiazole rings is 1. The van der Waals surface area contributed by atoms with E-state index in [2.05, 4.69) is 51.5 Å². The van der Waals surface area contributed by atoms with E-state index in [-0.39, 0.29) is 5.41 Å². The number of halogens is 1. The lowest BCUT2D eigenvalue weighted by atomic mass is 9.95. The maximum atomic E-state index is 6.13. The fourth-order valence-electron chi connectivity index (χ4n) is 2.22. The van der Waals surface area contributed by atoms with Crippen molar-refractivity contribution in [2.75, 3.05) is 7.11 Å². The molecule has 0 spiro atoms. The van der Waals surface area contributed by atoms with Gasteiger partial charge in [-0.3, -0.25) is 0 Å². The van der Waals surface area contributed by atoms with E-state index < -0.39 is 0 Å². The lowest BCUT2D eigenvalue weighted by Crippen LogP contribution is -2.15. The van der Waals surface area contributed by atoms with Crippen molar-refractivity contribution in [3.63, 3.8) is 0 Å². The van der Waals surface area contributed by atoms with E-state index in [9.17, 15) is 0 Å². The van der Waals surface area contributed by atoms with Gasteiger partial charge in [0.05, 0.1) is 12.7 Å². The molecule has 0 unspecified atom stereocenters. The minimum absolute atomic E-state index is 0.0561. The normalized spacial score (nSPS) is 12.2. The molecule has 0 bridgehead atoms. The number of ether oxygens (including phenoxy) is 1. The second-order valence-electron chi connectivity index (χ2n) is 7.32. The molecule has 0 aliphatic rings. The minimum atomic E-state index is 0.0561. The zero-order chi connectivity index (χ0) is 19.5. The molecule has 0 radical (unpaired) electrons. The highest BCUT2D eigenvalue weighted by molar-refractivity contribution is 7.80. The smallest absolute Gasteiger partial charge is 0.191 e. The van der Waals surface area contributed by atoms with E-state index >= 15 is 0 Å². The number of aromatic nitrogens is 1. The predicted octanol–water partition coefficient (Wildman–Crippen LogP) is 5.75. The third kappa shape index (κ3) is 5.29. The Morgan fingerprint density at radius 2 is 2.04 bits per heavy atom. The molecule has 2 rings (SSSR count). The molecule has 0 amide bonds. The summed E-state index contributed by atoms with van der Waals surface area (Å²) in [6.45, 7) is 11.6. The second-order valence-corrected chi connectivity index (χ2v) is 9.16. The topological polar surface area (TPSA) is 26.5 Å². The van der Waals surface area contributed by atoms with Crippen LogP contribution in [-0.4, -0.2) is 16.7 Å². The van der Waals surface area contributed by atoms with Crippen molar-refractivity contribution < 1.29 is 4.74 Å². The van der Waals surface area contributed by atoms with Crippen molar-refractivity contribution in [1.82, 2.24) is 4.57 Å². The number of rotatable bonds is 4. The summed E-state index contributed by atoms with van der Waals surface area (Å²) in [5, 5.41) is 0.609. The third-order valence-corrected chi connectivity index (χ3v) is 5.74. The van der Waals surface area contributed by atoms with Gasteiger partial charge in [-0.15, -0.1) is 11.3 Å². The average molecular weight is 409 g/mol. The van der Waals surface area contributed by atoms with Crippen LogP contribution >= 0.6 is 35.2 Å². The molecule has 1 aromatic heterocycles. The van der Waals surface area contributed by atoms with Crippen molar-refractivity contribution >= 4 is 40.1 Å². The van der Waals surface area contributed by atoms with Crippen LogP contribution in [0.15, 0.2) is 41.0 Å². The summed E-state index contributed by atoms with van der Waals surface area (Å²) in [4.78, 5) is 7.34. The van der Waals surface area contributed by atoms with Gasteiger partial charge < -0.3 is 9.30 Å². The Hall–Kier alpha value is -1.43. The Labute approximate surface area is 170 Å². The maximum Gasteiger partial charge on any atom is 0.191 e. The first-order chi connectivity index (χ1) is 12.1. The van der Waals surface area contributed by atoms with E-state index in [1.807, 2.05) is 6.07 Å². The van der Waals surface area contributed by atoms with E-state index in [0.29, 0.717) is 15.8 Å². The van der Waals surface area contributed by atoms with Crippen LogP contribution in [0.5, 0.6) is 5.75 Å². The number of nitrogens with zero attached hydrogens (tertiary/aromatic N) is 2. The van der Waals surface area contributed by atoms with Crippen molar-refractivity contribution in [2.24, 2.45) is 4.99 Å². The Bertz CT molecular complexity index is 897. The van der Waals surface area contributed by atoms with Crippen molar-refractivity contribution in [3.05, 3.63) is 56.3 Å². The van der Waals surface area contributed by atoms with Gasteiger partial charge in [0.25, 0.3) is 0 Å². The first-order valence-corrected chi connectivity index (χ1v) is 9.99.